The molecule has 0 unspecified atom stereocenters. The molecule has 0 saturated heterocycles. The van der Waals surface area contributed by atoms with Crippen LogP contribution < -0.4 is 10.6 Å². The summed E-state index contributed by atoms with van der Waals surface area (Å²) in [4.78, 5) is 26.1. The molecule has 19 heavy (non-hydrogen) atoms. The monoisotopic (exact) mass is 275 g/mol. The molecule has 2 heterocycles. The van der Waals surface area contributed by atoms with Crippen molar-refractivity contribution in [3.05, 3.63) is 56.0 Å². The molecule has 0 bridgehead atoms. The van der Waals surface area contributed by atoms with Crippen molar-refractivity contribution in [1.82, 2.24) is 14.1 Å². The molecule has 3 rings (SSSR count). The normalized spacial score (nSPS) is 11.2. The van der Waals surface area contributed by atoms with Crippen LogP contribution >= 0.6 is 11.3 Å². The number of para-hydroxylation sites is 2. The molecule has 0 aliphatic carbocycles. The van der Waals surface area contributed by atoms with E-state index in [0.29, 0.717) is 13.1 Å². The van der Waals surface area contributed by atoms with Gasteiger partial charge in [0.25, 0.3) is 0 Å². The number of aromatic amines is 1. The molecule has 0 spiro atoms. The predicted molar refractivity (Wildman–Crippen MR) is 75.8 cm³/mol. The van der Waals surface area contributed by atoms with Crippen molar-refractivity contribution in [2.75, 3.05) is 0 Å². The number of imidazole rings is 1. The summed E-state index contributed by atoms with van der Waals surface area (Å²) in [7, 11) is 0. The van der Waals surface area contributed by atoms with Crippen LogP contribution in [-0.2, 0) is 13.1 Å². The number of hydrogen-bond acceptors (Lipinski definition) is 3. The van der Waals surface area contributed by atoms with E-state index in [1.54, 1.807) is 20.7 Å². The first-order valence-corrected chi connectivity index (χ1v) is 6.95. The van der Waals surface area contributed by atoms with Crippen LogP contribution in [-0.4, -0.2) is 14.1 Å². The maximum absolute atomic E-state index is 11.8. The predicted octanol–water partition coefficient (Wildman–Crippen LogP) is 1.64. The number of thiazole rings is 1. The molecule has 98 valence electrons. The maximum Gasteiger partial charge on any atom is 0.326 e. The summed E-state index contributed by atoms with van der Waals surface area (Å²) < 4.78 is 3.39. The number of hydrogen-bond donors (Lipinski definition) is 1. The van der Waals surface area contributed by atoms with Gasteiger partial charge in [-0.05, 0) is 18.6 Å². The molecule has 0 saturated carbocycles. The second-order valence-electron chi connectivity index (χ2n) is 4.31. The molecule has 0 amide bonds. The summed E-state index contributed by atoms with van der Waals surface area (Å²) in [5, 5.41) is 1.78. The minimum atomic E-state index is -0.0983. The van der Waals surface area contributed by atoms with Gasteiger partial charge in [-0.25, -0.2) is 4.79 Å². The minimum absolute atomic E-state index is 0.0475. The van der Waals surface area contributed by atoms with E-state index < -0.39 is 0 Å². The number of nitrogens with one attached hydrogen (secondary N) is 1. The Bertz CT molecular complexity index is 809. The van der Waals surface area contributed by atoms with Gasteiger partial charge in [-0.2, -0.15) is 0 Å². The highest BCUT2D eigenvalue weighted by Gasteiger charge is 2.05. The van der Waals surface area contributed by atoms with Crippen LogP contribution in [0.1, 0.15) is 6.42 Å². The number of rotatable bonds is 4. The molecule has 3 aromatic rings. The highest BCUT2D eigenvalue weighted by Crippen LogP contribution is 2.09. The lowest BCUT2D eigenvalue weighted by Crippen LogP contribution is -2.19. The number of aryl methyl sites for hydroxylation is 2. The first kappa shape index (κ1) is 12.0. The van der Waals surface area contributed by atoms with E-state index in [2.05, 4.69) is 4.98 Å². The van der Waals surface area contributed by atoms with E-state index in [1.165, 1.54) is 11.3 Å². The quantitative estimate of drug-likeness (QED) is 0.787. The molecule has 0 radical (unpaired) electrons. The lowest BCUT2D eigenvalue weighted by atomic mass is 10.3. The van der Waals surface area contributed by atoms with Crippen molar-refractivity contribution < 1.29 is 0 Å². The average molecular weight is 275 g/mol. The first-order valence-electron chi connectivity index (χ1n) is 6.07. The molecule has 5 nitrogen and oxygen atoms in total. The van der Waals surface area contributed by atoms with E-state index in [-0.39, 0.29) is 10.6 Å². The Labute approximate surface area is 112 Å². The Balaban J connectivity index is 1.79. The van der Waals surface area contributed by atoms with Crippen molar-refractivity contribution >= 4 is 22.4 Å². The second kappa shape index (κ2) is 4.89. The van der Waals surface area contributed by atoms with Gasteiger partial charge < -0.3 is 9.55 Å². The number of fused-ring (bicyclic) bond motifs is 1. The lowest BCUT2D eigenvalue weighted by molar-refractivity contribution is 0.558. The Morgan fingerprint density at radius 1 is 1.16 bits per heavy atom. The molecule has 1 N–H and O–H groups in total. The van der Waals surface area contributed by atoms with Crippen molar-refractivity contribution in [3.8, 4) is 0 Å². The number of nitrogens with zero attached hydrogens (tertiary/aromatic N) is 2. The topological polar surface area (TPSA) is 59.8 Å². The van der Waals surface area contributed by atoms with E-state index >= 15 is 0 Å². The zero-order chi connectivity index (χ0) is 13.2. The first-order chi connectivity index (χ1) is 9.25. The van der Waals surface area contributed by atoms with E-state index in [4.69, 9.17) is 0 Å². The fourth-order valence-electron chi connectivity index (χ4n) is 2.18. The van der Waals surface area contributed by atoms with Gasteiger partial charge in [-0.15, -0.1) is 0 Å². The molecule has 0 aliphatic heterocycles. The highest BCUT2D eigenvalue weighted by atomic mass is 32.1. The average Bonchev–Trinajstić information content (AvgIpc) is 2.94. The van der Waals surface area contributed by atoms with Crippen LogP contribution in [0.3, 0.4) is 0 Å². The molecule has 6 heteroatoms. The third-order valence-electron chi connectivity index (χ3n) is 3.11. The molecule has 0 atom stereocenters. The van der Waals surface area contributed by atoms with Gasteiger partial charge in [0.15, 0.2) is 0 Å². The summed E-state index contributed by atoms with van der Waals surface area (Å²) >= 11 is 1.19. The second-order valence-corrected chi connectivity index (χ2v) is 5.17. The highest BCUT2D eigenvalue weighted by molar-refractivity contribution is 7.07. The van der Waals surface area contributed by atoms with Crippen LogP contribution in [0, 0.1) is 0 Å². The SMILES string of the molecule is O=c1sccn1CCCn1c(=O)[nH]c2ccccc21. The van der Waals surface area contributed by atoms with Gasteiger partial charge in [0.1, 0.15) is 0 Å². The third kappa shape index (κ3) is 2.26. The molecular weight excluding hydrogens is 262 g/mol. The fourth-order valence-corrected chi connectivity index (χ4v) is 2.80. The van der Waals surface area contributed by atoms with Gasteiger partial charge in [0.05, 0.1) is 11.0 Å². The molecular formula is C13H13N3O2S. The fraction of sp³-hybridized carbons (Fsp3) is 0.231. The van der Waals surface area contributed by atoms with Crippen molar-refractivity contribution in [3.63, 3.8) is 0 Å². The number of H-pyrrole nitrogens is 1. The molecule has 0 aliphatic rings. The van der Waals surface area contributed by atoms with Gasteiger partial charge in [0, 0.05) is 24.7 Å². The van der Waals surface area contributed by atoms with Crippen LogP contribution in [0.5, 0.6) is 0 Å². The van der Waals surface area contributed by atoms with E-state index in [1.807, 2.05) is 24.3 Å². The van der Waals surface area contributed by atoms with Crippen molar-refractivity contribution in [2.45, 2.75) is 19.5 Å². The van der Waals surface area contributed by atoms with Gasteiger partial charge in [0.2, 0.25) is 0 Å². The third-order valence-corrected chi connectivity index (χ3v) is 3.80. The molecule has 1 aromatic carbocycles. The van der Waals surface area contributed by atoms with Crippen LogP contribution in [0.25, 0.3) is 11.0 Å². The Hall–Kier alpha value is -2.08. The lowest BCUT2D eigenvalue weighted by Gasteiger charge is -2.03. The number of benzene rings is 1. The van der Waals surface area contributed by atoms with Crippen LogP contribution in [0.15, 0.2) is 45.4 Å². The zero-order valence-corrected chi connectivity index (χ0v) is 11.0. The van der Waals surface area contributed by atoms with Crippen LogP contribution in [0.4, 0.5) is 0 Å². The van der Waals surface area contributed by atoms with Crippen molar-refractivity contribution in [1.29, 1.82) is 0 Å². The van der Waals surface area contributed by atoms with Crippen LogP contribution in [0.2, 0.25) is 0 Å². The van der Waals surface area contributed by atoms with Gasteiger partial charge in [-0.3, -0.25) is 9.36 Å². The Morgan fingerprint density at radius 3 is 2.79 bits per heavy atom. The summed E-state index contributed by atoms with van der Waals surface area (Å²) in [5.74, 6) is 0. The minimum Gasteiger partial charge on any atom is -0.306 e. The summed E-state index contributed by atoms with van der Waals surface area (Å²) in [6.45, 7) is 1.24. The van der Waals surface area contributed by atoms with E-state index in [0.717, 1.165) is 17.5 Å². The van der Waals surface area contributed by atoms with E-state index in [9.17, 15) is 9.59 Å². The summed E-state index contributed by atoms with van der Waals surface area (Å²) in [6, 6.07) is 7.61. The zero-order valence-electron chi connectivity index (χ0n) is 10.2. The molecule has 2 aromatic heterocycles. The Kier molecular flexibility index (Phi) is 3.08. The molecule has 0 fully saturated rings. The standard InChI is InChI=1S/C13H13N3O2S/c17-12-14-10-4-1-2-5-11(10)16(12)7-3-6-15-8-9-19-13(15)18/h1-2,4-5,8-9H,3,6-7H2,(H,14,17). The van der Waals surface area contributed by atoms with Crippen molar-refractivity contribution in [2.24, 2.45) is 0 Å². The largest absolute Gasteiger partial charge is 0.326 e. The maximum atomic E-state index is 11.8. The number of aromatic nitrogens is 3. The van der Waals surface area contributed by atoms with Gasteiger partial charge in [-0.1, -0.05) is 23.5 Å². The Morgan fingerprint density at radius 2 is 2.00 bits per heavy atom. The van der Waals surface area contributed by atoms with Gasteiger partial charge >= 0.3 is 10.6 Å². The summed E-state index contributed by atoms with van der Waals surface area (Å²) in [6.07, 6.45) is 2.53. The smallest absolute Gasteiger partial charge is 0.306 e. The summed E-state index contributed by atoms with van der Waals surface area (Å²) in [5.41, 5.74) is 1.66.